The molecule has 8 heteroatoms. The molecule has 1 amide bonds. The molecule has 2 aromatic carbocycles. The van der Waals surface area contributed by atoms with Crippen molar-refractivity contribution >= 4 is 27.0 Å². The predicted molar refractivity (Wildman–Crippen MR) is 81.3 cm³/mol. The number of benzene rings is 2. The minimum Gasteiger partial charge on any atom is -0.391 e. The summed E-state index contributed by atoms with van der Waals surface area (Å²) < 4.78 is 30.4. The average Bonchev–Trinajstić information content (AvgIpc) is 2.45. The lowest BCUT2D eigenvalue weighted by atomic mass is 10.1. The standard InChI is InChI=1S/C14H16N2O5S/c1-9(17)13(15)14(18)16-22(19,20)21-12-8-4-6-10-5-2-3-7-11(10)12/h2-9,13,17H,15H2,1H3,(H,16,18)/t9-,13+/m1/s1. The normalized spacial score (nSPS) is 14.3. The Morgan fingerprint density at radius 3 is 2.55 bits per heavy atom. The molecule has 0 spiro atoms. The van der Waals surface area contributed by atoms with Gasteiger partial charge >= 0.3 is 10.3 Å². The van der Waals surface area contributed by atoms with E-state index in [1.807, 2.05) is 6.07 Å². The predicted octanol–water partition coefficient (Wildman–Crippen LogP) is 0.288. The van der Waals surface area contributed by atoms with Gasteiger partial charge in [-0.2, -0.15) is 8.42 Å². The van der Waals surface area contributed by atoms with Crippen molar-refractivity contribution in [3.63, 3.8) is 0 Å². The minimum absolute atomic E-state index is 0.0871. The highest BCUT2D eigenvalue weighted by Gasteiger charge is 2.25. The molecule has 118 valence electrons. The zero-order valence-corrected chi connectivity index (χ0v) is 12.6. The lowest BCUT2D eigenvalue weighted by Crippen LogP contribution is -2.49. The van der Waals surface area contributed by atoms with E-state index in [-0.39, 0.29) is 5.75 Å². The van der Waals surface area contributed by atoms with Crippen LogP contribution in [0.5, 0.6) is 5.75 Å². The van der Waals surface area contributed by atoms with Gasteiger partial charge in [-0.3, -0.25) is 4.79 Å². The highest BCUT2D eigenvalue weighted by molar-refractivity contribution is 7.85. The van der Waals surface area contributed by atoms with E-state index in [0.29, 0.717) is 5.39 Å². The summed E-state index contributed by atoms with van der Waals surface area (Å²) >= 11 is 0. The van der Waals surface area contributed by atoms with Gasteiger partial charge in [0.05, 0.1) is 6.10 Å². The molecule has 2 rings (SSSR count). The van der Waals surface area contributed by atoms with Crippen molar-refractivity contribution in [3.05, 3.63) is 42.5 Å². The monoisotopic (exact) mass is 324 g/mol. The number of carbonyl (C=O) groups excluding carboxylic acids is 1. The van der Waals surface area contributed by atoms with Crippen LogP contribution in [0.4, 0.5) is 0 Å². The van der Waals surface area contributed by atoms with Crippen LogP contribution in [-0.2, 0) is 15.1 Å². The second kappa shape index (κ2) is 6.30. The van der Waals surface area contributed by atoms with Gasteiger partial charge in [-0.15, -0.1) is 0 Å². The molecule has 0 aliphatic carbocycles. The van der Waals surface area contributed by atoms with Crippen LogP contribution in [0, 0.1) is 0 Å². The third kappa shape index (κ3) is 3.73. The van der Waals surface area contributed by atoms with Crippen LogP contribution in [0.25, 0.3) is 10.8 Å². The van der Waals surface area contributed by atoms with E-state index in [2.05, 4.69) is 0 Å². The summed E-state index contributed by atoms with van der Waals surface area (Å²) in [5.41, 5.74) is 5.37. The first-order valence-electron chi connectivity index (χ1n) is 6.47. The van der Waals surface area contributed by atoms with E-state index in [9.17, 15) is 18.3 Å². The van der Waals surface area contributed by atoms with Crippen LogP contribution in [0.1, 0.15) is 6.92 Å². The van der Waals surface area contributed by atoms with Crippen molar-refractivity contribution in [1.29, 1.82) is 0 Å². The molecule has 22 heavy (non-hydrogen) atoms. The molecule has 2 aromatic rings. The first-order chi connectivity index (χ1) is 10.3. The van der Waals surface area contributed by atoms with Crippen LogP contribution in [0.2, 0.25) is 0 Å². The Morgan fingerprint density at radius 1 is 1.23 bits per heavy atom. The summed E-state index contributed by atoms with van der Waals surface area (Å²) in [5, 5.41) is 10.6. The van der Waals surface area contributed by atoms with Gasteiger partial charge in [-0.25, -0.2) is 4.72 Å². The van der Waals surface area contributed by atoms with Crippen LogP contribution in [0.3, 0.4) is 0 Å². The molecule has 0 saturated carbocycles. The zero-order chi connectivity index (χ0) is 16.3. The SMILES string of the molecule is C[C@@H](O)[C@H](N)C(=O)NS(=O)(=O)Oc1cccc2ccccc12. The van der Waals surface area contributed by atoms with Crippen LogP contribution in [-0.4, -0.2) is 31.6 Å². The largest absolute Gasteiger partial charge is 0.409 e. The number of amides is 1. The first kappa shape index (κ1) is 16.2. The summed E-state index contributed by atoms with van der Waals surface area (Å²) in [6.07, 6.45) is -1.19. The van der Waals surface area contributed by atoms with Crippen molar-refractivity contribution in [2.75, 3.05) is 0 Å². The van der Waals surface area contributed by atoms with Crippen molar-refractivity contribution in [2.45, 2.75) is 19.1 Å². The third-order valence-electron chi connectivity index (χ3n) is 3.00. The molecule has 0 heterocycles. The van der Waals surface area contributed by atoms with Gasteiger partial charge in [0.25, 0.3) is 5.91 Å². The Morgan fingerprint density at radius 2 is 1.86 bits per heavy atom. The molecule has 0 bridgehead atoms. The summed E-state index contributed by atoms with van der Waals surface area (Å²) in [5.74, 6) is -0.959. The molecule has 0 saturated heterocycles. The van der Waals surface area contributed by atoms with Crippen molar-refractivity contribution < 1.29 is 22.5 Å². The Labute approximate surface area is 128 Å². The van der Waals surface area contributed by atoms with Crippen molar-refractivity contribution in [2.24, 2.45) is 5.73 Å². The van der Waals surface area contributed by atoms with E-state index in [4.69, 9.17) is 9.92 Å². The van der Waals surface area contributed by atoms with E-state index in [0.717, 1.165) is 5.39 Å². The van der Waals surface area contributed by atoms with Gasteiger partial charge in [0, 0.05) is 5.39 Å². The van der Waals surface area contributed by atoms with E-state index in [1.54, 1.807) is 35.1 Å². The number of fused-ring (bicyclic) bond motifs is 1. The summed E-state index contributed by atoms with van der Waals surface area (Å²) in [6, 6.07) is 10.6. The highest BCUT2D eigenvalue weighted by Crippen LogP contribution is 2.26. The smallest absolute Gasteiger partial charge is 0.391 e. The van der Waals surface area contributed by atoms with E-state index >= 15 is 0 Å². The van der Waals surface area contributed by atoms with Crippen LogP contribution >= 0.6 is 0 Å². The number of nitrogens with two attached hydrogens (primary N) is 1. The Bertz CT molecular complexity index is 783. The average molecular weight is 324 g/mol. The molecule has 0 aliphatic heterocycles. The molecule has 0 unspecified atom stereocenters. The third-order valence-corrected chi connectivity index (χ3v) is 3.85. The molecule has 2 atom stereocenters. The van der Waals surface area contributed by atoms with Crippen LogP contribution < -0.4 is 14.6 Å². The fourth-order valence-electron chi connectivity index (χ4n) is 1.82. The number of rotatable bonds is 5. The summed E-state index contributed by atoms with van der Waals surface area (Å²) in [7, 11) is -4.39. The summed E-state index contributed by atoms with van der Waals surface area (Å²) in [6.45, 7) is 1.28. The number of aliphatic hydroxyl groups is 1. The fraction of sp³-hybridized carbons (Fsp3) is 0.214. The fourth-order valence-corrected chi connectivity index (χ4v) is 2.62. The van der Waals surface area contributed by atoms with Crippen LogP contribution in [0.15, 0.2) is 42.5 Å². The second-order valence-corrected chi connectivity index (χ2v) is 6.03. The zero-order valence-electron chi connectivity index (χ0n) is 11.8. The lowest BCUT2D eigenvalue weighted by molar-refractivity contribution is -0.122. The number of nitrogens with one attached hydrogen (secondary N) is 1. The van der Waals surface area contributed by atoms with Gasteiger partial charge in [0.15, 0.2) is 5.75 Å². The number of carbonyl (C=O) groups is 1. The molecule has 0 fully saturated rings. The second-order valence-electron chi connectivity index (χ2n) is 4.75. The Kier molecular flexibility index (Phi) is 4.65. The maximum Gasteiger partial charge on any atom is 0.409 e. The van der Waals surface area contributed by atoms with Gasteiger partial charge in [-0.1, -0.05) is 36.4 Å². The molecule has 0 radical (unpaired) electrons. The Hall–Kier alpha value is -2.16. The maximum atomic E-state index is 11.9. The van der Waals surface area contributed by atoms with Gasteiger partial charge in [0.2, 0.25) is 0 Å². The first-order valence-corrected chi connectivity index (χ1v) is 7.88. The number of hydrogen-bond donors (Lipinski definition) is 3. The molecular weight excluding hydrogens is 308 g/mol. The van der Waals surface area contributed by atoms with Crippen molar-refractivity contribution in [1.82, 2.24) is 4.72 Å². The highest BCUT2D eigenvalue weighted by atomic mass is 32.2. The molecule has 7 nitrogen and oxygen atoms in total. The number of hydrogen-bond acceptors (Lipinski definition) is 6. The molecule has 0 aromatic heterocycles. The number of aliphatic hydroxyl groups excluding tert-OH is 1. The topological polar surface area (TPSA) is 119 Å². The summed E-state index contributed by atoms with van der Waals surface area (Å²) in [4.78, 5) is 11.6. The maximum absolute atomic E-state index is 11.9. The van der Waals surface area contributed by atoms with Gasteiger partial charge < -0.3 is 15.0 Å². The molecule has 0 aliphatic rings. The van der Waals surface area contributed by atoms with E-state index in [1.165, 1.54) is 13.0 Å². The van der Waals surface area contributed by atoms with Gasteiger partial charge in [-0.05, 0) is 18.4 Å². The molecular formula is C14H16N2O5S. The minimum atomic E-state index is -4.39. The Balaban J connectivity index is 2.23. The van der Waals surface area contributed by atoms with E-state index < -0.39 is 28.4 Å². The van der Waals surface area contributed by atoms with Crippen molar-refractivity contribution in [3.8, 4) is 5.75 Å². The lowest BCUT2D eigenvalue weighted by Gasteiger charge is -2.15. The quantitative estimate of drug-likeness (QED) is 0.727. The van der Waals surface area contributed by atoms with Gasteiger partial charge in [0.1, 0.15) is 6.04 Å². The molecule has 4 N–H and O–H groups in total.